The van der Waals surface area contributed by atoms with Crippen LogP contribution in [0.15, 0.2) is 51.7 Å². The summed E-state index contributed by atoms with van der Waals surface area (Å²) in [5, 5.41) is 10.7. The fourth-order valence-corrected chi connectivity index (χ4v) is 2.23. The second kappa shape index (κ2) is 6.90. The van der Waals surface area contributed by atoms with Gasteiger partial charge in [0, 0.05) is 17.7 Å². The maximum atomic E-state index is 12.7. The molecular formula is C17H10F3N3O4. The number of H-pyrrole nitrogens is 1. The average molecular weight is 377 g/mol. The number of nitrogens with zero attached hydrogens (tertiary/aromatic N) is 2. The van der Waals surface area contributed by atoms with Gasteiger partial charge in [0.05, 0.1) is 10.6 Å². The molecule has 0 saturated carbocycles. The van der Waals surface area contributed by atoms with Crippen LogP contribution >= 0.6 is 0 Å². The zero-order valence-electron chi connectivity index (χ0n) is 13.4. The van der Waals surface area contributed by atoms with Crippen molar-refractivity contribution in [3.8, 4) is 11.3 Å². The fraction of sp³-hybridized carbons (Fsp3) is 0.0588. The largest absolute Gasteiger partial charge is 0.457 e. The van der Waals surface area contributed by atoms with Gasteiger partial charge in [-0.05, 0) is 42.5 Å². The molecule has 0 atom stereocenters. The maximum absolute atomic E-state index is 12.7. The molecule has 1 N–H and O–H groups in total. The molecule has 1 aromatic carbocycles. The minimum Gasteiger partial charge on any atom is -0.457 e. The monoisotopic (exact) mass is 377 g/mol. The van der Waals surface area contributed by atoms with Crippen molar-refractivity contribution in [2.45, 2.75) is 6.18 Å². The van der Waals surface area contributed by atoms with Crippen LogP contribution in [0.1, 0.15) is 17.1 Å². The first-order valence-corrected chi connectivity index (χ1v) is 7.44. The number of furan rings is 1. The molecule has 0 spiro atoms. The van der Waals surface area contributed by atoms with Gasteiger partial charge in [0.15, 0.2) is 0 Å². The molecule has 2 aromatic heterocycles. The van der Waals surface area contributed by atoms with Crippen molar-refractivity contribution in [2.75, 3.05) is 0 Å². The molecule has 0 radical (unpaired) electrons. The summed E-state index contributed by atoms with van der Waals surface area (Å²) in [7, 11) is 0. The number of halogens is 3. The normalized spacial score (nSPS) is 11.8. The highest BCUT2D eigenvalue weighted by atomic mass is 19.4. The number of hydrogen-bond acceptors (Lipinski definition) is 5. The highest BCUT2D eigenvalue weighted by Gasteiger charge is 2.32. The lowest BCUT2D eigenvalue weighted by atomic mass is 10.1. The minimum atomic E-state index is -4.70. The van der Waals surface area contributed by atoms with Crippen molar-refractivity contribution in [3.05, 3.63) is 80.2 Å². The Hall–Kier alpha value is -3.69. The molecule has 7 nitrogen and oxygen atoms in total. The number of nitro groups is 1. The number of rotatable bonds is 4. The van der Waals surface area contributed by atoms with E-state index >= 15 is 0 Å². The molecule has 0 amide bonds. The van der Waals surface area contributed by atoms with E-state index in [4.69, 9.17) is 4.42 Å². The van der Waals surface area contributed by atoms with Crippen LogP contribution in [0.4, 0.5) is 18.9 Å². The molecule has 3 aromatic rings. The van der Waals surface area contributed by atoms with Gasteiger partial charge < -0.3 is 9.40 Å². The molecule has 0 aliphatic heterocycles. The van der Waals surface area contributed by atoms with Crippen LogP contribution in [-0.2, 0) is 6.18 Å². The minimum absolute atomic E-state index is 0.0636. The van der Waals surface area contributed by atoms with Gasteiger partial charge in [-0.2, -0.15) is 18.2 Å². The third kappa shape index (κ3) is 4.29. The fourth-order valence-electron chi connectivity index (χ4n) is 2.23. The van der Waals surface area contributed by atoms with E-state index in [2.05, 4.69) is 4.98 Å². The van der Waals surface area contributed by atoms with Crippen molar-refractivity contribution < 1.29 is 22.5 Å². The van der Waals surface area contributed by atoms with E-state index in [1.165, 1.54) is 36.4 Å². The molecule has 0 unspecified atom stereocenters. The Morgan fingerprint density at radius 2 is 1.81 bits per heavy atom. The second-order valence-electron chi connectivity index (χ2n) is 5.36. The molecule has 2 heterocycles. The summed E-state index contributed by atoms with van der Waals surface area (Å²) in [4.78, 5) is 26.5. The lowest BCUT2D eigenvalue weighted by Gasteiger charge is -2.05. The molecule has 0 saturated heterocycles. The zero-order chi connectivity index (χ0) is 19.6. The molecule has 0 fully saturated rings. The van der Waals surface area contributed by atoms with Gasteiger partial charge in [0.1, 0.15) is 17.2 Å². The van der Waals surface area contributed by atoms with Gasteiger partial charge in [-0.3, -0.25) is 10.1 Å². The molecule has 138 valence electrons. The molecule has 0 aliphatic carbocycles. The number of nitro benzene ring substituents is 1. The van der Waals surface area contributed by atoms with Gasteiger partial charge in [-0.25, -0.2) is 4.79 Å². The Kier molecular flexibility index (Phi) is 4.63. The first-order chi connectivity index (χ1) is 12.7. The van der Waals surface area contributed by atoms with Crippen LogP contribution < -0.4 is 5.69 Å². The van der Waals surface area contributed by atoms with Crippen LogP contribution in [-0.4, -0.2) is 14.9 Å². The Morgan fingerprint density at radius 3 is 2.44 bits per heavy atom. The summed E-state index contributed by atoms with van der Waals surface area (Å²) < 4.78 is 43.6. The lowest BCUT2D eigenvalue weighted by molar-refractivity contribution is -0.384. The number of non-ortho nitro benzene ring substituents is 1. The van der Waals surface area contributed by atoms with E-state index < -0.39 is 22.5 Å². The molecule has 3 rings (SSSR count). The molecule has 0 bridgehead atoms. The van der Waals surface area contributed by atoms with Gasteiger partial charge in [0.25, 0.3) is 5.69 Å². The average Bonchev–Trinajstić information content (AvgIpc) is 3.08. The molecular weight excluding hydrogens is 367 g/mol. The Morgan fingerprint density at radius 1 is 1.11 bits per heavy atom. The number of nitrogens with one attached hydrogen (secondary N) is 1. The summed E-state index contributed by atoms with van der Waals surface area (Å²) >= 11 is 0. The van der Waals surface area contributed by atoms with Crippen LogP contribution in [0.2, 0.25) is 0 Å². The predicted molar refractivity (Wildman–Crippen MR) is 89.6 cm³/mol. The van der Waals surface area contributed by atoms with Gasteiger partial charge in [0.2, 0.25) is 0 Å². The van der Waals surface area contributed by atoms with E-state index in [9.17, 15) is 28.1 Å². The van der Waals surface area contributed by atoms with Crippen LogP contribution in [0.25, 0.3) is 23.5 Å². The van der Waals surface area contributed by atoms with Crippen LogP contribution in [0.3, 0.4) is 0 Å². The quantitative estimate of drug-likeness (QED) is 0.544. The Labute approximate surface area is 148 Å². The second-order valence-corrected chi connectivity index (χ2v) is 5.36. The SMILES string of the molecule is O=c1nc(C=Cc2ccc(-c3ccc([N+](=O)[O-])cc3)o2)cc(C(F)(F)F)[nH]1. The van der Waals surface area contributed by atoms with Gasteiger partial charge >= 0.3 is 11.9 Å². The first kappa shape index (κ1) is 18.1. The summed E-state index contributed by atoms with van der Waals surface area (Å²) in [6.45, 7) is 0. The maximum Gasteiger partial charge on any atom is 0.431 e. The molecule has 10 heteroatoms. The van der Waals surface area contributed by atoms with E-state index in [1.54, 1.807) is 17.1 Å². The highest BCUT2D eigenvalue weighted by Crippen LogP contribution is 2.28. The number of benzene rings is 1. The third-order valence-corrected chi connectivity index (χ3v) is 3.48. The van der Waals surface area contributed by atoms with Crippen molar-refractivity contribution in [1.82, 2.24) is 9.97 Å². The van der Waals surface area contributed by atoms with E-state index in [1.807, 2.05) is 0 Å². The van der Waals surface area contributed by atoms with Gasteiger partial charge in [-0.15, -0.1) is 0 Å². The summed E-state index contributed by atoms with van der Waals surface area (Å²) in [5.41, 5.74) is -1.97. The number of aromatic nitrogens is 2. The van der Waals surface area contributed by atoms with Crippen LogP contribution in [0, 0.1) is 10.1 Å². The third-order valence-electron chi connectivity index (χ3n) is 3.48. The van der Waals surface area contributed by atoms with Crippen molar-refractivity contribution >= 4 is 17.8 Å². The van der Waals surface area contributed by atoms with Crippen molar-refractivity contribution in [1.29, 1.82) is 0 Å². The topological polar surface area (TPSA) is 102 Å². The van der Waals surface area contributed by atoms with Crippen molar-refractivity contribution in [2.24, 2.45) is 0 Å². The Bertz CT molecular complexity index is 1070. The van der Waals surface area contributed by atoms with Gasteiger partial charge in [-0.1, -0.05) is 0 Å². The zero-order valence-corrected chi connectivity index (χ0v) is 13.4. The molecule has 27 heavy (non-hydrogen) atoms. The number of aromatic amines is 1. The smallest absolute Gasteiger partial charge is 0.431 e. The lowest BCUT2D eigenvalue weighted by Crippen LogP contribution is -2.19. The van der Waals surface area contributed by atoms with E-state index in [0.717, 1.165) is 0 Å². The highest BCUT2D eigenvalue weighted by molar-refractivity contribution is 5.68. The number of hydrogen-bond donors (Lipinski definition) is 1. The van der Waals surface area contributed by atoms with E-state index in [-0.39, 0.29) is 11.4 Å². The molecule has 0 aliphatic rings. The Balaban J connectivity index is 1.82. The summed E-state index contributed by atoms with van der Waals surface area (Å²) in [6, 6.07) is 9.55. The standard InChI is InChI=1S/C17H10F3N3O4/c18-17(19,20)15-9-11(21-16(24)22-15)3-6-13-7-8-14(27-13)10-1-4-12(5-2-10)23(25)26/h1-9H,(H,21,22,24). The van der Waals surface area contributed by atoms with Crippen molar-refractivity contribution in [3.63, 3.8) is 0 Å². The van der Waals surface area contributed by atoms with E-state index in [0.29, 0.717) is 23.2 Å². The summed E-state index contributed by atoms with van der Waals surface area (Å²) in [5.74, 6) is 0.721. The van der Waals surface area contributed by atoms with Crippen LogP contribution in [0.5, 0.6) is 0 Å². The summed E-state index contributed by atoms with van der Waals surface area (Å²) in [6.07, 6.45) is -2.13. The predicted octanol–water partition coefficient (Wildman–Crippen LogP) is 4.13. The first-order valence-electron chi connectivity index (χ1n) is 7.44. The number of alkyl halides is 3.